The number of methoxy groups -OCH3 is 1. The third-order valence-electron chi connectivity index (χ3n) is 4.14. The first-order valence-corrected chi connectivity index (χ1v) is 8.99. The van der Waals surface area contributed by atoms with E-state index >= 15 is 0 Å². The number of carboxylic acid groups (broad SMARTS) is 1. The molecular formula is C19H18N2O5S. The molecule has 8 heteroatoms. The Balaban J connectivity index is 2.14. The maximum Gasteiger partial charge on any atom is 0.416 e. The van der Waals surface area contributed by atoms with E-state index in [2.05, 4.69) is 9.72 Å². The van der Waals surface area contributed by atoms with Crippen LogP contribution in [0, 0.1) is 0 Å². The molecule has 3 aromatic rings. The van der Waals surface area contributed by atoms with E-state index < -0.39 is 12.1 Å². The van der Waals surface area contributed by atoms with Gasteiger partial charge in [-0.25, -0.2) is 14.6 Å². The van der Waals surface area contributed by atoms with Crippen LogP contribution in [0.2, 0.25) is 0 Å². The third kappa shape index (κ3) is 3.35. The number of nitrogens with zero attached hydrogens (tertiary/aromatic N) is 2. The Morgan fingerprint density at radius 1 is 1.22 bits per heavy atom. The summed E-state index contributed by atoms with van der Waals surface area (Å²) in [6.07, 6.45) is 0.00440. The fourth-order valence-corrected chi connectivity index (χ4v) is 3.65. The lowest BCUT2D eigenvalue weighted by Gasteiger charge is -2.14. The first kappa shape index (κ1) is 18.8. The SMILES string of the molecule is COC(=O)c1ccc2c(C(=O)c3nc(C(C)(C)C)cs3)cn(C(=O)O)c2c1. The van der Waals surface area contributed by atoms with Crippen molar-refractivity contribution in [3.63, 3.8) is 0 Å². The fourth-order valence-electron chi connectivity index (χ4n) is 2.65. The zero-order chi connectivity index (χ0) is 19.9. The Morgan fingerprint density at radius 2 is 1.93 bits per heavy atom. The van der Waals surface area contributed by atoms with Crippen molar-refractivity contribution in [1.82, 2.24) is 9.55 Å². The zero-order valence-corrected chi connectivity index (χ0v) is 16.1. The van der Waals surface area contributed by atoms with Gasteiger partial charge in [-0.2, -0.15) is 0 Å². The predicted molar refractivity (Wildman–Crippen MR) is 101 cm³/mol. The van der Waals surface area contributed by atoms with Gasteiger partial charge < -0.3 is 9.84 Å². The van der Waals surface area contributed by atoms with Crippen LogP contribution in [0.25, 0.3) is 10.9 Å². The van der Waals surface area contributed by atoms with E-state index in [4.69, 9.17) is 0 Å². The number of ether oxygens (including phenoxy) is 1. The monoisotopic (exact) mass is 386 g/mol. The number of hydrogen-bond acceptors (Lipinski definition) is 6. The van der Waals surface area contributed by atoms with Crippen molar-refractivity contribution in [3.8, 4) is 0 Å². The van der Waals surface area contributed by atoms with Crippen molar-refractivity contribution < 1.29 is 24.2 Å². The summed E-state index contributed by atoms with van der Waals surface area (Å²) in [5.74, 6) is -0.941. The van der Waals surface area contributed by atoms with Gasteiger partial charge in [0.1, 0.15) is 0 Å². The van der Waals surface area contributed by atoms with Crippen molar-refractivity contribution in [2.75, 3.05) is 7.11 Å². The minimum absolute atomic E-state index is 0.195. The molecule has 0 fully saturated rings. The zero-order valence-electron chi connectivity index (χ0n) is 15.3. The smallest absolute Gasteiger partial charge is 0.416 e. The van der Waals surface area contributed by atoms with Crippen molar-refractivity contribution >= 4 is 40.1 Å². The Labute approximate surface area is 159 Å². The molecule has 0 aliphatic rings. The summed E-state index contributed by atoms with van der Waals surface area (Å²) in [6.45, 7) is 6.00. The van der Waals surface area contributed by atoms with E-state index in [0.29, 0.717) is 10.4 Å². The van der Waals surface area contributed by atoms with E-state index in [1.54, 1.807) is 6.07 Å². The average molecular weight is 386 g/mol. The maximum atomic E-state index is 13.0. The number of thiazole rings is 1. The molecule has 27 heavy (non-hydrogen) atoms. The number of fused-ring (bicyclic) bond motifs is 1. The summed E-state index contributed by atoms with van der Waals surface area (Å²) in [6, 6.07) is 4.45. The number of ketones is 1. The number of rotatable bonds is 3. The second-order valence-electron chi connectivity index (χ2n) is 7.04. The first-order chi connectivity index (χ1) is 12.6. The van der Waals surface area contributed by atoms with Crippen LogP contribution in [0.1, 0.15) is 52.2 Å². The van der Waals surface area contributed by atoms with Gasteiger partial charge in [-0.15, -0.1) is 11.3 Å². The van der Waals surface area contributed by atoms with Gasteiger partial charge in [-0.3, -0.25) is 9.36 Å². The quantitative estimate of drug-likeness (QED) is 0.541. The summed E-state index contributed by atoms with van der Waals surface area (Å²) in [5, 5.41) is 12.0. The molecule has 3 rings (SSSR count). The molecule has 0 aliphatic carbocycles. The number of esters is 1. The topological polar surface area (TPSA) is 98.5 Å². The lowest BCUT2D eigenvalue weighted by Crippen LogP contribution is -2.12. The summed E-state index contributed by atoms with van der Waals surface area (Å²) >= 11 is 1.23. The highest BCUT2D eigenvalue weighted by Gasteiger charge is 2.25. The minimum Gasteiger partial charge on any atom is -0.465 e. The Bertz CT molecular complexity index is 1070. The highest BCUT2D eigenvalue weighted by Crippen LogP contribution is 2.29. The van der Waals surface area contributed by atoms with Gasteiger partial charge in [-0.05, 0) is 12.1 Å². The van der Waals surface area contributed by atoms with Gasteiger partial charge in [0.15, 0.2) is 5.01 Å². The molecule has 1 N–H and O–H groups in total. The van der Waals surface area contributed by atoms with Crippen LogP contribution in [0.5, 0.6) is 0 Å². The molecule has 2 heterocycles. The molecule has 140 valence electrons. The van der Waals surface area contributed by atoms with Crippen LogP contribution < -0.4 is 0 Å². The van der Waals surface area contributed by atoms with E-state index in [0.717, 1.165) is 10.3 Å². The fraction of sp³-hybridized carbons (Fsp3) is 0.263. The van der Waals surface area contributed by atoms with Crippen molar-refractivity contribution in [2.45, 2.75) is 26.2 Å². The van der Waals surface area contributed by atoms with Crippen LogP contribution in [0.15, 0.2) is 29.8 Å². The lowest BCUT2D eigenvalue weighted by molar-refractivity contribution is 0.0600. The lowest BCUT2D eigenvalue weighted by atomic mass is 9.93. The number of benzene rings is 1. The molecule has 0 bridgehead atoms. The normalized spacial score (nSPS) is 11.6. The van der Waals surface area contributed by atoms with E-state index in [1.807, 2.05) is 26.2 Å². The number of carbonyl (C=O) groups is 3. The Morgan fingerprint density at radius 3 is 2.48 bits per heavy atom. The van der Waals surface area contributed by atoms with E-state index in [9.17, 15) is 19.5 Å². The number of carbonyl (C=O) groups excluding carboxylic acids is 2. The van der Waals surface area contributed by atoms with Crippen LogP contribution in [-0.2, 0) is 10.2 Å². The molecule has 7 nitrogen and oxygen atoms in total. The molecule has 0 spiro atoms. The second-order valence-corrected chi connectivity index (χ2v) is 7.89. The number of hydrogen-bond donors (Lipinski definition) is 1. The van der Waals surface area contributed by atoms with Crippen LogP contribution >= 0.6 is 11.3 Å². The molecule has 0 saturated carbocycles. The Kier molecular flexibility index (Phi) is 4.61. The molecule has 0 radical (unpaired) electrons. The molecule has 0 saturated heterocycles. The highest BCUT2D eigenvalue weighted by molar-refractivity contribution is 7.12. The molecule has 0 aliphatic heterocycles. The van der Waals surface area contributed by atoms with Gasteiger partial charge >= 0.3 is 12.1 Å². The minimum atomic E-state index is -1.25. The van der Waals surface area contributed by atoms with Gasteiger partial charge in [-0.1, -0.05) is 26.8 Å². The molecule has 0 unspecified atom stereocenters. The summed E-state index contributed by atoms with van der Waals surface area (Å²) in [5.41, 5.74) is 1.26. The molecule has 1 aromatic carbocycles. The van der Waals surface area contributed by atoms with Gasteiger partial charge in [0, 0.05) is 22.4 Å². The van der Waals surface area contributed by atoms with Crippen molar-refractivity contribution in [2.24, 2.45) is 0 Å². The van der Waals surface area contributed by atoms with Gasteiger partial charge in [0.2, 0.25) is 5.78 Å². The van der Waals surface area contributed by atoms with E-state index in [1.165, 1.54) is 36.8 Å². The standard InChI is InChI=1S/C19H18N2O5S/c1-19(2,3)14-9-27-16(20-14)15(22)12-8-21(18(24)25)13-7-10(17(23)26-4)5-6-11(12)13/h5-9H,1-4H3,(H,24,25). The van der Waals surface area contributed by atoms with Crippen LogP contribution in [0.3, 0.4) is 0 Å². The average Bonchev–Trinajstić information content (AvgIpc) is 3.24. The molecule has 0 atom stereocenters. The molecule has 2 aromatic heterocycles. The summed E-state index contributed by atoms with van der Waals surface area (Å²) < 4.78 is 5.60. The predicted octanol–water partition coefficient (Wildman–Crippen LogP) is 3.94. The summed E-state index contributed by atoms with van der Waals surface area (Å²) in [4.78, 5) is 40.7. The van der Waals surface area contributed by atoms with Crippen molar-refractivity contribution in [3.05, 3.63) is 51.6 Å². The third-order valence-corrected chi connectivity index (χ3v) is 4.99. The molecule has 0 amide bonds. The van der Waals surface area contributed by atoms with Crippen molar-refractivity contribution in [1.29, 1.82) is 0 Å². The highest BCUT2D eigenvalue weighted by atomic mass is 32.1. The van der Waals surface area contributed by atoms with E-state index in [-0.39, 0.29) is 27.8 Å². The number of aromatic nitrogens is 2. The Hall–Kier alpha value is -3.00. The van der Waals surface area contributed by atoms with Crippen LogP contribution in [0.4, 0.5) is 4.79 Å². The van der Waals surface area contributed by atoms with Gasteiger partial charge in [0.25, 0.3) is 0 Å². The largest absolute Gasteiger partial charge is 0.465 e. The summed E-state index contributed by atoms with van der Waals surface area (Å²) in [7, 11) is 1.24. The van der Waals surface area contributed by atoms with Gasteiger partial charge in [0.05, 0.1) is 29.4 Å². The molecular weight excluding hydrogens is 368 g/mol. The maximum absolute atomic E-state index is 13.0. The second kappa shape index (κ2) is 6.62. The first-order valence-electron chi connectivity index (χ1n) is 8.11. The van der Waals surface area contributed by atoms with Crippen LogP contribution in [-0.4, -0.2) is 39.6 Å².